The minimum absolute atomic E-state index is 0.256. The van der Waals surface area contributed by atoms with Gasteiger partial charge in [-0.25, -0.2) is 0 Å². The molecule has 0 aromatic rings. The lowest BCUT2D eigenvalue weighted by atomic mass is 10.0. The van der Waals surface area contributed by atoms with Gasteiger partial charge in [-0.15, -0.1) is 0 Å². The number of nitrogens with zero attached hydrogens (tertiary/aromatic N) is 2. The van der Waals surface area contributed by atoms with Gasteiger partial charge in [0.25, 0.3) is 0 Å². The van der Waals surface area contributed by atoms with E-state index in [0.717, 1.165) is 24.9 Å². The van der Waals surface area contributed by atoms with E-state index in [-0.39, 0.29) is 5.91 Å². The van der Waals surface area contributed by atoms with Gasteiger partial charge in [-0.3, -0.25) is 4.79 Å². The summed E-state index contributed by atoms with van der Waals surface area (Å²) in [4.78, 5) is 15.9. The Hall–Kier alpha value is -0.570. The van der Waals surface area contributed by atoms with Crippen molar-refractivity contribution >= 4 is 5.91 Å². The van der Waals surface area contributed by atoms with Crippen LogP contribution in [0.1, 0.15) is 33.1 Å². The fraction of sp³-hybridized carbons (Fsp3) is 0.923. The number of fused-ring (bicyclic) bond motifs is 1. The molecule has 2 fully saturated rings. The van der Waals surface area contributed by atoms with Gasteiger partial charge >= 0.3 is 0 Å². The zero-order valence-electron chi connectivity index (χ0n) is 10.6. The van der Waals surface area contributed by atoms with Crippen molar-refractivity contribution in [3.63, 3.8) is 0 Å². The number of unbranched alkanes of at least 4 members (excludes halogenated alkanes) is 2. The van der Waals surface area contributed by atoms with Crippen LogP contribution >= 0.6 is 0 Å². The van der Waals surface area contributed by atoms with E-state index in [1.165, 1.54) is 38.9 Å². The highest BCUT2D eigenvalue weighted by molar-refractivity contribution is 5.73. The first-order chi connectivity index (χ1) is 7.70. The summed E-state index contributed by atoms with van der Waals surface area (Å²) < 4.78 is 0. The summed E-state index contributed by atoms with van der Waals surface area (Å²) in [6.45, 7) is 9.66. The summed E-state index contributed by atoms with van der Waals surface area (Å²) in [5.41, 5.74) is 0. The second-order valence-electron chi connectivity index (χ2n) is 5.41. The van der Waals surface area contributed by atoms with Crippen LogP contribution in [0.3, 0.4) is 0 Å². The zero-order chi connectivity index (χ0) is 11.5. The molecule has 92 valence electrons. The molecule has 2 unspecified atom stereocenters. The number of rotatable bonds is 4. The molecular weight excluding hydrogens is 200 g/mol. The van der Waals surface area contributed by atoms with Gasteiger partial charge in [-0.05, 0) is 24.8 Å². The summed E-state index contributed by atoms with van der Waals surface area (Å²) in [5.74, 6) is 1.77. The topological polar surface area (TPSA) is 23.6 Å². The van der Waals surface area contributed by atoms with Crippen molar-refractivity contribution in [2.75, 3.05) is 32.7 Å². The van der Waals surface area contributed by atoms with E-state index in [9.17, 15) is 4.79 Å². The Balaban J connectivity index is 1.73. The van der Waals surface area contributed by atoms with Crippen molar-refractivity contribution in [3.05, 3.63) is 0 Å². The van der Waals surface area contributed by atoms with Gasteiger partial charge in [0.2, 0.25) is 5.91 Å². The van der Waals surface area contributed by atoms with Gasteiger partial charge in [-0.1, -0.05) is 19.8 Å². The Bertz CT molecular complexity index is 240. The molecular formula is C13H24N2O. The number of hydrogen-bond donors (Lipinski definition) is 0. The van der Waals surface area contributed by atoms with Gasteiger partial charge in [0.15, 0.2) is 0 Å². The Labute approximate surface area is 98.8 Å². The van der Waals surface area contributed by atoms with E-state index in [1.54, 1.807) is 6.92 Å². The molecule has 0 aromatic carbocycles. The van der Waals surface area contributed by atoms with Crippen LogP contribution in [-0.4, -0.2) is 48.4 Å². The van der Waals surface area contributed by atoms with E-state index in [4.69, 9.17) is 0 Å². The van der Waals surface area contributed by atoms with Crippen LogP contribution in [0, 0.1) is 11.8 Å². The van der Waals surface area contributed by atoms with Gasteiger partial charge in [0.05, 0.1) is 0 Å². The molecule has 2 heterocycles. The number of amides is 1. The van der Waals surface area contributed by atoms with E-state index in [2.05, 4.69) is 11.8 Å². The van der Waals surface area contributed by atoms with Crippen LogP contribution in [-0.2, 0) is 4.79 Å². The lowest BCUT2D eigenvalue weighted by Crippen LogP contribution is -2.32. The normalized spacial score (nSPS) is 29.8. The van der Waals surface area contributed by atoms with Crippen LogP contribution in [0.5, 0.6) is 0 Å². The highest BCUT2D eigenvalue weighted by Crippen LogP contribution is 2.31. The van der Waals surface area contributed by atoms with E-state index in [0.29, 0.717) is 0 Å². The molecule has 2 aliphatic heterocycles. The molecule has 2 rings (SSSR count). The third kappa shape index (κ3) is 2.57. The molecule has 3 nitrogen and oxygen atoms in total. The van der Waals surface area contributed by atoms with E-state index < -0.39 is 0 Å². The fourth-order valence-electron chi connectivity index (χ4n) is 3.12. The molecule has 2 aliphatic rings. The first kappa shape index (κ1) is 11.9. The van der Waals surface area contributed by atoms with Crippen molar-refractivity contribution in [1.82, 2.24) is 9.80 Å². The predicted octanol–water partition coefficient (Wildman–Crippen LogP) is 1.59. The third-order valence-electron chi connectivity index (χ3n) is 4.09. The van der Waals surface area contributed by atoms with E-state index in [1.807, 2.05) is 4.90 Å². The molecule has 0 aliphatic carbocycles. The second kappa shape index (κ2) is 5.17. The minimum atomic E-state index is 0.256. The average molecular weight is 224 g/mol. The summed E-state index contributed by atoms with van der Waals surface area (Å²) >= 11 is 0. The van der Waals surface area contributed by atoms with Crippen LogP contribution in [0.4, 0.5) is 0 Å². The van der Waals surface area contributed by atoms with Crippen LogP contribution in [0.15, 0.2) is 0 Å². The van der Waals surface area contributed by atoms with Crippen molar-refractivity contribution in [1.29, 1.82) is 0 Å². The molecule has 0 bridgehead atoms. The molecule has 0 saturated carbocycles. The number of carbonyl (C=O) groups is 1. The summed E-state index contributed by atoms with van der Waals surface area (Å²) in [5, 5.41) is 0. The largest absolute Gasteiger partial charge is 0.342 e. The lowest BCUT2D eigenvalue weighted by molar-refractivity contribution is -0.128. The summed E-state index contributed by atoms with van der Waals surface area (Å²) in [6.07, 6.45) is 4.00. The highest BCUT2D eigenvalue weighted by Gasteiger charge is 2.40. The molecule has 2 atom stereocenters. The zero-order valence-corrected chi connectivity index (χ0v) is 10.6. The van der Waals surface area contributed by atoms with Gasteiger partial charge in [0.1, 0.15) is 0 Å². The van der Waals surface area contributed by atoms with Crippen molar-refractivity contribution in [3.8, 4) is 0 Å². The average Bonchev–Trinajstić information content (AvgIpc) is 2.75. The van der Waals surface area contributed by atoms with Crippen LogP contribution < -0.4 is 0 Å². The first-order valence-electron chi connectivity index (χ1n) is 6.68. The van der Waals surface area contributed by atoms with Gasteiger partial charge < -0.3 is 9.80 Å². The first-order valence-corrected chi connectivity index (χ1v) is 6.68. The van der Waals surface area contributed by atoms with Crippen molar-refractivity contribution < 1.29 is 4.79 Å². The maximum Gasteiger partial charge on any atom is 0.219 e. The Kier molecular flexibility index (Phi) is 3.85. The molecule has 0 radical (unpaired) electrons. The van der Waals surface area contributed by atoms with Gasteiger partial charge in [-0.2, -0.15) is 0 Å². The predicted molar refractivity (Wildman–Crippen MR) is 65.2 cm³/mol. The summed E-state index contributed by atoms with van der Waals surface area (Å²) in [7, 11) is 0. The van der Waals surface area contributed by atoms with Crippen LogP contribution in [0.2, 0.25) is 0 Å². The number of hydrogen-bond acceptors (Lipinski definition) is 2. The summed E-state index contributed by atoms with van der Waals surface area (Å²) in [6, 6.07) is 0. The number of carbonyl (C=O) groups excluding carboxylic acids is 1. The third-order valence-corrected chi connectivity index (χ3v) is 4.09. The van der Waals surface area contributed by atoms with Gasteiger partial charge in [0, 0.05) is 33.1 Å². The SMILES string of the molecule is CCCCCN1CC2CN(C(C)=O)CC2C1. The Morgan fingerprint density at radius 1 is 1.12 bits per heavy atom. The van der Waals surface area contributed by atoms with Crippen LogP contribution in [0.25, 0.3) is 0 Å². The molecule has 0 aromatic heterocycles. The maximum absolute atomic E-state index is 11.3. The Morgan fingerprint density at radius 2 is 1.75 bits per heavy atom. The maximum atomic E-state index is 11.3. The molecule has 1 amide bonds. The highest BCUT2D eigenvalue weighted by atomic mass is 16.2. The lowest BCUT2D eigenvalue weighted by Gasteiger charge is -2.20. The molecule has 3 heteroatoms. The fourth-order valence-corrected chi connectivity index (χ4v) is 3.12. The van der Waals surface area contributed by atoms with Crippen molar-refractivity contribution in [2.24, 2.45) is 11.8 Å². The minimum Gasteiger partial charge on any atom is -0.342 e. The molecule has 0 spiro atoms. The Morgan fingerprint density at radius 3 is 2.25 bits per heavy atom. The quantitative estimate of drug-likeness (QED) is 0.677. The smallest absolute Gasteiger partial charge is 0.219 e. The second-order valence-corrected chi connectivity index (χ2v) is 5.41. The molecule has 16 heavy (non-hydrogen) atoms. The number of likely N-dealkylation sites (tertiary alicyclic amines) is 2. The monoisotopic (exact) mass is 224 g/mol. The van der Waals surface area contributed by atoms with E-state index >= 15 is 0 Å². The van der Waals surface area contributed by atoms with Crippen molar-refractivity contribution in [2.45, 2.75) is 33.1 Å². The molecule has 2 saturated heterocycles. The standard InChI is InChI=1S/C13H24N2O/c1-3-4-5-6-14-7-12-9-15(11(2)16)10-13(12)8-14/h12-13H,3-10H2,1-2H3. The molecule has 0 N–H and O–H groups in total.